The molecule has 0 aliphatic rings. The number of anilines is 1. The van der Waals surface area contributed by atoms with E-state index in [2.05, 4.69) is 9.71 Å². The minimum atomic E-state index is -3.31. The fourth-order valence-electron chi connectivity index (χ4n) is 0.772. The Morgan fingerprint density at radius 1 is 1.71 bits per heavy atom. The van der Waals surface area contributed by atoms with E-state index < -0.39 is 15.9 Å². The number of rotatable bonds is 4. The molecule has 0 fully saturated rings. The van der Waals surface area contributed by atoms with Crippen molar-refractivity contribution in [2.45, 2.75) is 6.42 Å². The number of nitrogens with two attached hydrogens (primary N) is 1. The molecule has 1 aromatic heterocycles. The van der Waals surface area contributed by atoms with Crippen LogP contribution < -0.4 is 10.5 Å². The minimum Gasteiger partial charge on any atom is -0.369 e. The summed E-state index contributed by atoms with van der Waals surface area (Å²) in [5.41, 5.74) is 5.41. The third-order valence-electron chi connectivity index (χ3n) is 1.18. The summed E-state index contributed by atoms with van der Waals surface area (Å²) in [6.07, 6.45) is 1.05. The average Bonchev–Trinajstić information content (AvgIpc) is 2.30. The van der Waals surface area contributed by atoms with E-state index in [1.165, 1.54) is 0 Å². The summed E-state index contributed by atoms with van der Waals surface area (Å²) in [5, 5.41) is 1.82. The van der Waals surface area contributed by atoms with Gasteiger partial charge in [-0.25, -0.2) is 13.4 Å². The van der Waals surface area contributed by atoms with E-state index in [0.717, 1.165) is 17.6 Å². The first-order valence-electron chi connectivity index (χ1n) is 3.57. The van der Waals surface area contributed by atoms with Crippen LogP contribution in [0.5, 0.6) is 0 Å². The molecule has 78 valence electrons. The molecule has 0 saturated carbocycles. The molecule has 0 saturated heterocycles. The lowest BCUT2D eigenvalue weighted by atomic mass is 10.3. The summed E-state index contributed by atoms with van der Waals surface area (Å²) in [7, 11) is -3.31. The van der Waals surface area contributed by atoms with Crippen molar-refractivity contribution in [1.82, 2.24) is 4.98 Å². The quantitative estimate of drug-likeness (QED) is 0.737. The topological polar surface area (TPSA) is 102 Å². The minimum absolute atomic E-state index is 0.0158. The smallest absolute Gasteiger partial charge is 0.231 e. The van der Waals surface area contributed by atoms with E-state index in [9.17, 15) is 13.2 Å². The first-order valence-corrected chi connectivity index (χ1v) is 6.34. The number of carbonyl (C=O) groups excluding carboxylic acids is 1. The van der Waals surface area contributed by atoms with Crippen molar-refractivity contribution >= 4 is 32.4 Å². The van der Waals surface area contributed by atoms with Crippen molar-refractivity contribution in [3.8, 4) is 0 Å². The van der Waals surface area contributed by atoms with Gasteiger partial charge in [-0.15, -0.1) is 11.3 Å². The second-order valence-corrected chi connectivity index (χ2v) is 5.27. The average molecular weight is 235 g/mol. The van der Waals surface area contributed by atoms with Crippen molar-refractivity contribution in [1.29, 1.82) is 0 Å². The van der Waals surface area contributed by atoms with Gasteiger partial charge in [0, 0.05) is 5.38 Å². The summed E-state index contributed by atoms with van der Waals surface area (Å²) >= 11 is 1.11. The highest BCUT2D eigenvalue weighted by Gasteiger charge is 2.08. The Bertz CT molecular complexity index is 437. The summed E-state index contributed by atoms with van der Waals surface area (Å²) in [6, 6.07) is 0. The van der Waals surface area contributed by atoms with Gasteiger partial charge < -0.3 is 5.73 Å². The Morgan fingerprint density at radius 2 is 2.36 bits per heavy atom. The largest absolute Gasteiger partial charge is 0.369 e. The van der Waals surface area contributed by atoms with Crippen LogP contribution in [0.4, 0.5) is 5.13 Å². The predicted molar refractivity (Wildman–Crippen MR) is 53.5 cm³/mol. The number of amides is 1. The van der Waals surface area contributed by atoms with Gasteiger partial charge in [0.05, 0.1) is 18.4 Å². The van der Waals surface area contributed by atoms with Crippen molar-refractivity contribution in [3.63, 3.8) is 0 Å². The Balaban J connectivity index is 2.74. The predicted octanol–water partition coefficient (Wildman–Crippen LogP) is -0.458. The van der Waals surface area contributed by atoms with Crippen LogP contribution in [0.2, 0.25) is 0 Å². The maximum Gasteiger partial charge on any atom is 0.231 e. The van der Waals surface area contributed by atoms with E-state index in [-0.39, 0.29) is 11.6 Å². The zero-order chi connectivity index (χ0) is 10.8. The first-order chi connectivity index (χ1) is 6.37. The third kappa shape index (κ3) is 3.71. The molecule has 1 heterocycles. The number of hydrogen-bond acceptors (Lipinski definition) is 5. The standard InChI is InChI=1S/C6H9N3O3S2/c1-14(11,12)9-6-8-4(3-13-6)2-5(7)10/h3H,2H2,1H3,(H2,7,10)(H,8,9). The van der Waals surface area contributed by atoms with Gasteiger partial charge in [-0.05, 0) is 0 Å². The van der Waals surface area contributed by atoms with Crippen molar-refractivity contribution in [2.24, 2.45) is 5.73 Å². The molecule has 14 heavy (non-hydrogen) atoms. The van der Waals surface area contributed by atoms with E-state index in [4.69, 9.17) is 5.73 Å². The molecule has 0 bridgehead atoms. The summed E-state index contributed by atoms with van der Waals surface area (Å²) in [5.74, 6) is -0.499. The zero-order valence-electron chi connectivity index (χ0n) is 7.35. The van der Waals surface area contributed by atoms with Gasteiger partial charge in [0.2, 0.25) is 15.9 Å². The van der Waals surface area contributed by atoms with E-state index in [1.807, 2.05) is 0 Å². The highest BCUT2D eigenvalue weighted by atomic mass is 32.2. The number of carbonyl (C=O) groups is 1. The molecule has 1 amide bonds. The molecule has 0 aliphatic heterocycles. The third-order valence-corrected chi connectivity index (χ3v) is 2.68. The number of sulfonamides is 1. The molecule has 3 N–H and O–H groups in total. The van der Waals surface area contributed by atoms with Gasteiger partial charge in [-0.1, -0.05) is 0 Å². The Labute approximate surface area is 85.2 Å². The second-order valence-electron chi connectivity index (χ2n) is 2.66. The Kier molecular flexibility index (Phi) is 3.06. The molecular formula is C6H9N3O3S2. The van der Waals surface area contributed by atoms with Crippen LogP contribution in [0, 0.1) is 0 Å². The molecule has 6 nitrogen and oxygen atoms in total. The van der Waals surface area contributed by atoms with Crippen LogP contribution >= 0.6 is 11.3 Å². The molecule has 0 aromatic carbocycles. The Morgan fingerprint density at radius 3 is 2.86 bits per heavy atom. The lowest BCUT2D eigenvalue weighted by Gasteiger charge is -1.96. The van der Waals surface area contributed by atoms with Gasteiger partial charge >= 0.3 is 0 Å². The molecule has 0 unspecified atom stereocenters. The maximum atomic E-state index is 10.8. The Hall–Kier alpha value is -1.15. The zero-order valence-corrected chi connectivity index (χ0v) is 8.98. The lowest BCUT2D eigenvalue weighted by Crippen LogP contribution is -2.14. The van der Waals surface area contributed by atoms with Crippen LogP contribution in [-0.4, -0.2) is 25.6 Å². The van der Waals surface area contributed by atoms with Crippen molar-refractivity contribution < 1.29 is 13.2 Å². The number of primary amides is 1. The summed E-state index contributed by atoms with van der Waals surface area (Å²) in [4.78, 5) is 14.4. The molecule has 1 rings (SSSR count). The molecule has 1 aromatic rings. The molecule has 0 radical (unpaired) electrons. The van der Waals surface area contributed by atoms with Crippen molar-refractivity contribution in [3.05, 3.63) is 11.1 Å². The second kappa shape index (κ2) is 3.93. The van der Waals surface area contributed by atoms with Crippen LogP contribution in [0.1, 0.15) is 5.69 Å². The van der Waals surface area contributed by atoms with Crippen molar-refractivity contribution in [2.75, 3.05) is 11.0 Å². The highest BCUT2D eigenvalue weighted by Crippen LogP contribution is 2.16. The molecule has 0 spiro atoms. The van der Waals surface area contributed by atoms with Gasteiger partial charge in [-0.2, -0.15) is 0 Å². The fourth-order valence-corrected chi connectivity index (χ4v) is 2.34. The molecule has 0 aliphatic carbocycles. The van der Waals surface area contributed by atoms with E-state index in [1.54, 1.807) is 5.38 Å². The number of thiazole rings is 1. The number of nitrogens with one attached hydrogen (secondary N) is 1. The number of nitrogens with zero attached hydrogens (tertiary/aromatic N) is 1. The lowest BCUT2D eigenvalue weighted by molar-refractivity contribution is -0.117. The van der Waals surface area contributed by atoms with Gasteiger partial charge in [-0.3, -0.25) is 9.52 Å². The SMILES string of the molecule is CS(=O)(=O)Nc1nc(CC(N)=O)cs1. The van der Waals surface area contributed by atoms with E-state index in [0.29, 0.717) is 5.69 Å². The molecule has 0 atom stereocenters. The summed E-state index contributed by atoms with van der Waals surface area (Å²) in [6.45, 7) is 0. The number of hydrogen-bond donors (Lipinski definition) is 2. The van der Waals surface area contributed by atoms with E-state index >= 15 is 0 Å². The molecule has 8 heteroatoms. The fraction of sp³-hybridized carbons (Fsp3) is 0.333. The van der Waals surface area contributed by atoms with Crippen LogP contribution in [0.25, 0.3) is 0 Å². The monoisotopic (exact) mass is 235 g/mol. The highest BCUT2D eigenvalue weighted by molar-refractivity contribution is 7.92. The maximum absolute atomic E-state index is 10.8. The van der Waals surface area contributed by atoms with Crippen LogP contribution in [0.15, 0.2) is 5.38 Å². The normalized spacial score (nSPS) is 11.2. The van der Waals surface area contributed by atoms with Gasteiger partial charge in [0.15, 0.2) is 5.13 Å². The van der Waals surface area contributed by atoms with Gasteiger partial charge in [0.25, 0.3) is 0 Å². The van der Waals surface area contributed by atoms with Crippen LogP contribution in [0.3, 0.4) is 0 Å². The number of aromatic nitrogens is 1. The summed E-state index contributed by atoms with van der Waals surface area (Å²) < 4.78 is 23.8. The first kappa shape index (κ1) is 10.9. The molecular weight excluding hydrogens is 226 g/mol. The van der Waals surface area contributed by atoms with Crippen LogP contribution in [-0.2, 0) is 21.2 Å². The van der Waals surface area contributed by atoms with Gasteiger partial charge in [0.1, 0.15) is 0 Å².